The van der Waals surface area contributed by atoms with Gasteiger partial charge in [0.05, 0.1) is 11.5 Å². The summed E-state index contributed by atoms with van der Waals surface area (Å²) in [6.45, 7) is 6.68. The largest absolute Gasteiger partial charge is 0.313 e. The van der Waals surface area contributed by atoms with Crippen molar-refractivity contribution in [2.24, 2.45) is 5.92 Å². The molecule has 0 saturated carbocycles. The molecular weight excluding hydrogens is 236 g/mol. The van der Waals surface area contributed by atoms with Gasteiger partial charge in [-0.1, -0.05) is 6.92 Å². The maximum atomic E-state index is 11.5. The lowest BCUT2D eigenvalue weighted by Crippen LogP contribution is -2.42. The van der Waals surface area contributed by atoms with E-state index in [2.05, 4.69) is 17.1 Å². The van der Waals surface area contributed by atoms with Crippen molar-refractivity contribution >= 4 is 9.84 Å². The highest BCUT2D eigenvalue weighted by atomic mass is 32.2. The number of sulfone groups is 1. The third-order valence-corrected chi connectivity index (χ3v) is 5.80. The van der Waals surface area contributed by atoms with Gasteiger partial charge in [0.15, 0.2) is 9.84 Å². The van der Waals surface area contributed by atoms with Crippen LogP contribution in [0.15, 0.2) is 0 Å². The Hall–Kier alpha value is -0.130. The van der Waals surface area contributed by atoms with Gasteiger partial charge >= 0.3 is 0 Å². The summed E-state index contributed by atoms with van der Waals surface area (Å²) in [5.74, 6) is 1.44. The summed E-state index contributed by atoms with van der Waals surface area (Å²) in [5, 5.41) is 3.46. The Kier molecular flexibility index (Phi) is 4.44. The van der Waals surface area contributed by atoms with Crippen molar-refractivity contribution in [2.75, 3.05) is 37.7 Å². The van der Waals surface area contributed by atoms with Crippen molar-refractivity contribution in [2.45, 2.75) is 32.2 Å². The van der Waals surface area contributed by atoms with Crippen LogP contribution in [0.3, 0.4) is 0 Å². The second-order valence-electron chi connectivity index (χ2n) is 5.41. The summed E-state index contributed by atoms with van der Waals surface area (Å²) < 4.78 is 23.0. The quantitative estimate of drug-likeness (QED) is 0.799. The van der Waals surface area contributed by atoms with E-state index in [0.29, 0.717) is 17.4 Å². The molecule has 0 aliphatic carbocycles. The first-order valence-electron chi connectivity index (χ1n) is 6.75. The van der Waals surface area contributed by atoms with Crippen molar-refractivity contribution < 1.29 is 8.42 Å². The number of hydrogen-bond acceptors (Lipinski definition) is 4. The number of nitrogens with zero attached hydrogens (tertiary/aromatic N) is 1. The molecule has 0 aromatic carbocycles. The summed E-state index contributed by atoms with van der Waals surface area (Å²) in [6, 6.07) is 0.199. The summed E-state index contributed by atoms with van der Waals surface area (Å²) in [7, 11) is -2.77. The highest BCUT2D eigenvalue weighted by molar-refractivity contribution is 7.91. The minimum Gasteiger partial charge on any atom is -0.313 e. The highest BCUT2D eigenvalue weighted by Crippen LogP contribution is 2.16. The average Bonchev–Trinajstić information content (AvgIpc) is 2.73. The van der Waals surface area contributed by atoms with Gasteiger partial charge in [-0.3, -0.25) is 0 Å². The summed E-state index contributed by atoms with van der Waals surface area (Å²) in [6.07, 6.45) is 3.09. The molecule has 2 heterocycles. The fourth-order valence-corrected chi connectivity index (χ4v) is 4.55. The maximum absolute atomic E-state index is 11.5. The van der Waals surface area contributed by atoms with E-state index >= 15 is 0 Å². The Balaban J connectivity index is 1.72. The summed E-state index contributed by atoms with van der Waals surface area (Å²) >= 11 is 0. The van der Waals surface area contributed by atoms with Crippen molar-refractivity contribution in [3.63, 3.8) is 0 Å². The first-order chi connectivity index (χ1) is 8.09. The molecule has 5 heteroatoms. The Labute approximate surface area is 105 Å². The van der Waals surface area contributed by atoms with Crippen molar-refractivity contribution in [3.8, 4) is 0 Å². The third kappa shape index (κ3) is 3.93. The van der Waals surface area contributed by atoms with Crippen LogP contribution in [0.1, 0.15) is 26.2 Å². The number of rotatable bonds is 4. The van der Waals surface area contributed by atoms with E-state index in [1.54, 1.807) is 0 Å². The fraction of sp³-hybridized carbons (Fsp3) is 1.00. The lowest BCUT2D eigenvalue weighted by Gasteiger charge is -2.24. The predicted octanol–water partition coefficient (Wildman–Crippen LogP) is 0.495. The van der Waals surface area contributed by atoms with Crippen LogP contribution in [0, 0.1) is 5.92 Å². The highest BCUT2D eigenvalue weighted by Gasteiger charge is 2.26. The normalized spacial score (nSPS) is 33.9. The van der Waals surface area contributed by atoms with E-state index in [1.807, 2.05) is 0 Å². The zero-order valence-electron chi connectivity index (χ0n) is 10.7. The lowest BCUT2D eigenvalue weighted by molar-refractivity contribution is 0.334. The molecule has 2 fully saturated rings. The Morgan fingerprint density at radius 2 is 2.18 bits per heavy atom. The van der Waals surface area contributed by atoms with Gasteiger partial charge in [-0.25, -0.2) is 8.42 Å². The van der Waals surface area contributed by atoms with Crippen molar-refractivity contribution in [3.05, 3.63) is 0 Å². The van der Waals surface area contributed by atoms with Crippen LogP contribution in [0.2, 0.25) is 0 Å². The van der Waals surface area contributed by atoms with E-state index in [-0.39, 0.29) is 6.04 Å². The molecule has 2 rings (SSSR count). The molecular formula is C12H24N2O2S. The molecule has 100 valence electrons. The standard InChI is InChI=1S/C12H24N2O2S/c1-2-14-6-5-11(9-14)8-13-12-4-3-7-17(15,16)10-12/h11-13H,2-10H2,1H3. The molecule has 2 atom stereocenters. The number of likely N-dealkylation sites (tertiary alicyclic amines) is 1. The van der Waals surface area contributed by atoms with E-state index in [4.69, 9.17) is 0 Å². The Bertz CT molecular complexity index is 342. The molecule has 2 aliphatic heterocycles. The van der Waals surface area contributed by atoms with Crippen molar-refractivity contribution in [1.82, 2.24) is 10.2 Å². The van der Waals surface area contributed by atoms with Gasteiger partial charge in [-0.15, -0.1) is 0 Å². The fourth-order valence-electron chi connectivity index (χ4n) is 2.88. The Morgan fingerprint density at radius 3 is 2.82 bits per heavy atom. The second kappa shape index (κ2) is 5.67. The second-order valence-corrected chi connectivity index (χ2v) is 7.64. The van der Waals surface area contributed by atoms with Crippen molar-refractivity contribution in [1.29, 1.82) is 0 Å². The first kappa shape index (κ1) is 13.3. The van der Waals surface area contributed by atoms with Crippen LogP contribution in [-0.2, 0) is 9.84 Å². The summed E-state index contributed by atoms with van der Waals surface area (Å²) in [5.41, 5.74) is 0. The van der Waals surface area contributed by atoms with Gasteiger partial charge < -0.3 is 10.2 Å². The molecule has 0 aromatic rings. The minimum absolute atomic E-state index is 0.199. The third-order valence-electron chi connectivity index (χ3n) is 3.98. The topological polar surface area (TPSA) is 49.4 Å². The van der Waals surface area contributed by atoms with Crippen LogP contribution in [-0.4, -0.2) is 57.0 Å². The molecule has 0 spiro atoms. The monoisotopic (exact) mass is 260 g/mol. The molecule has 17 heavy (non-hydrogen) atoms. The Morgan fingerprint density at radius 1 is 1.35 bits per heavy atom. The SMILES string of the molecule is CCN1CCC(CNC2CCCS(=O)(=O)C2)C1. The van der Waals surface area contributed by atoms with Gasteiger partial charge in [0, 0.05) is 12.6 Å². The predicted molar refractivity (Wildman–Crippen MR) is 69.9 cm³/mol. The van der Waals surface area contributed by atoms with Gasteiger partial charge in [0.1, 0.15) is 0 Å². The molecule has 0 radical (unpaired) electrons. The van der Waals surface area contributed by atoms with Crippen LogP contribution in [0.25, 0.3) is 0 Å². The average molecular weight is 260 g/mol. The molecule has 0 amide bonds. The van der Waals surface area contributed by atoms with Crippen LogP contribution >= 0.6 is 0 Å². The van der Waals surface area contributed by atoms with Crippen LogP contribution in [0.5, 0.6) is 0 Å². The van der Waals surface area contributed by atoms with Gasteiger partial charge in [-0.2, -0.15) is 0 Å². The molecule has 0 aromatic heterocycles. The van der Waals surface area contributed by atoms with Gasteiger partial charge in [0.25, 0.3) is 0 Å². The van der Waals surface area contributed by atoms with E-state index in [0.717, 1.165) is 25.9 Å². The number of hydrogen-bond donors (Lipinski definition) is 1. The van der Waals surface area contributed by atoms with Gasteiger partial charge in [0.2, 0.25) is 0 Å². The smallest absolute Gasteiger partial charge is 0.151 e. The maximum Gasteiger partial charge on any atom is 0.151 e. The molecule has 2 aliphatic rings. The summed E-state index contributed by atoms with van der Waals surface area (Å²) in [4.78, 5) is 2.46. The van der Waals surface area contributed by atoms with E-state index in [9.17, 15) is 8.42 Å². The first-order valence-corrected chi connectivity index (χ1v) is 8.57. The molecule has 2 saturated heterocycles. The van der Waals surface area contributed by atoms with Crippen LogP contribution < -0.4 is 5.32 Å². The van der Waals surface area contributed by atoms with E-state index < -0.39 is 9.84 Å². The van der Waals surface area contributed by atoms with Gasteiger partial charge in [-0.05, 0) is 44.8 Å². The molecule has 2 unspecified atom stereocenters. The van der Waals surface area contributed by atoms with Crippen LogP contribution in [0.4, 0.5) is 0 Å². The number of nitrogens with one attached hydrogen (secondary N) is 1. The lowest BCUT2D eigenvalue weighted by atomic mass is 10.1. The zero-order chi connectivity index (χ0) is 12.3. The van der Waals surface area contributed by atoms with E-state index in [1.165, 1.54) is 19.5 Å². The zero-order valence-corrected chi connectivity index (χ0v) is 11.5. The molecule has 4 nitrogen and oxygen atoms in total. The molecule has 1 N–H and O–H groups in total. The molecule has 0 bridgehead atoms. The minimum atomic E-state index is -2.77.